The Labute approximate surface area is 169 Å². The molecule has 1 saturated heterocycles. The van der Waals surface area contributed by atoms with Crippen LogP contribution in [0.2, 0.25) is 5.02 Å². The van der Waals surface area contributed by atoms with E-state index in [-0.39, 0.29) is 12.0 Å². The number of carbonyl (C=O) groups excluding carboxylic acids is 1. The summed E-state index contributed by atoms with van der Waals surface area (Å²) >= 11 is 6.28. The summed E-state index contributed by atoms with van der Waals surface area (Å²) in [7, 11) is 0. The summed E-state index contributed by atoms with van der Waals surface area (Å²) in [6, 6.07) is 23.1. The summed E-state index contributed by atoms with van der Waals surface area (Å²) in [5.41, 5.74) is 3.51. The quantitative estimate of drug-likeness (QED) is 0.654. The fourth-order valence-electron chi connectivity index (χ4n) is 3.39. The Morgan fingerprint density at radius 3 is 2.64 bits per heavy atom. The fourth-order valence-corrected chi connectivity index (χ4v) is 3.59. The molecule has 28 heavy (non-hydrogen) atoms. The number of ether oxygens (including phenoxy) is 1. The molecule has 1 fully saturated rings. The molecule has 0 unspecified atom stereocenters. The Balaban J connectivity index is 1.49. The molecule has 1 aromatic heterocycles. The van der Waals surface area contributed by atoms with Crippen LogP contribution >= 0.6 is 11.6 Å². The van der Waals surface area contributed by atoms with Gasteiger partial charge < -0.3 is 9.64 Å². The van der Waals surface area contributed by atoms with Gasteiger partial charge in [-0.05, 0) is 35.9 Å². The molecule has 2 heterocycles. The van der Waals surface area contributed by atoms with Crippen molar-refractivity contribution in [3.05, 3.63) is 100 Å². The summed E-state index contributed by atoms with van der Waals surface area (Å²) in [5.74, 6) is 0.0288. The summed E-state index contributed by atoms with van der Waals surface area (Å²) < 4.78 is 5.93. The highest BCUT2D eigenvalue weighted by molar-refractivity contribution is 6.31. The third-order valence-corrected chi connectivity index (χ3v) is 5.23. The Bertz CT molecular complexity index is 962. The van der Waals surface area contributed by atoms with Crippen LogP contribution in [-0.2, 0) is 11.2 Å². The van der Waals surface area contributed by atoms with Gasteiger partial charge in [0.15, 0.2) is 0 Å². The molecule has 4 rings (SSSR count). The number of nitrogens with zero attached hydrogens (tertiary/aromatic N) is 2. The number of halogens is 1. The first-order valence-electron chi connectivity index (χ1n) is 9.36. The number of carbonyl (C=O) groups is 1. The molecule has 2 aromatic carbocycles. The van der Waals surface area contributed by atoms with Gasteiger partial charge >= 0.3 is 0 Å². The second kappa shape index (κ2) is 8.55. The lowest BCUT2D eigenvalue weighted by atomic mass is 10.1. The zero-order valence-electron chi connectivity index (χ0n) is 15.4. The molecule has 1 aliphatic rings. The van der Waals surface area contributed by atoms with Crippen LogP contribution in [0, 0.1) is 0 Å². The van der Waals surface area contributed by atoms with E-state index in [0.717, 1.165) is 22.0 Å². The van der Waals surface area contributed by atoms with E-state index in [0.29, 0.717) is 31.7 Å². The largest absolute Gasteiger partial charge is 0.368 e. The minimum Gasteiger partial charge on any atom is -0.368 e. The van der Waals surface area contributed by atoms with Crippen molar-refractivity contribution in [3.8, 4) is 0 Å². The molecule has 0 spiro atoms. The molecule has 0 bridgehead atoms. The van der Waals surface area contributed by atoms with Crippen LogP contribution in [0.5, 0.6) is 0 Å². The van der Waals surface area contributed by atoms with Crippen molar-refractivity contribution in [3.63, 3.8) is 0 Å². The highest BCUT2D eigenvalue weighted by atomic mass is 35.5. The van der Waals surface area contributed by atoms with E-state index in [2.05, 4.69) is 0 Å². The summed E-state index contributed by atoms with van der Waals surface area (Å²) in [4.78, 5) is 19.4. The minimum atomic E-state index is -0.229. The van der Waals surface area contributed by atoms with Gasteiger partial charge in [-0.25, -0.2) is 0 Å². The maximum absolute atomic E-state index is 12.8. The van der Waals surface area contributed by atoms with Crippen molar-refractivity contribution in [1.29, 1.82) is 0 Å². The molecule has 1 atom stereocenters. The SMILES string of the molecule is O=C(c1ccccc1)N1CCO[C@H](c2cccc(Cc3ccccc3Cl)n2)C1. The monoisotopic (exact) mass is 392 g/mol. The lowest BCUT2D eigenvalue weighted by Gasteiger charge is -2.33. The molecule has 0 N–H and O–H groups in total. The standard InChI is InChI=1S/C23H21ClN2O2/c24-20-11-5-4-9-18(20)15-19-10-6-12-21(25-19)22-16-26(13-14-28-22)23(27)17-7-2-1-3-8-17/h1-12,22H,13-16H2/t22-/m0/s1. The van der Waals surface area contributed by atoms with E-state index < -0.39 is 0 Å². The number of hydrogen-bond donors (Lipinski definition) is 0. The normalized spacial score (nSPS) is 16.8. The van der Waals surface area contributed by atoms with Crippen molar-refractivity contribution in [2.45, 2.75) is 12.5 Å². The average molecular weight is 393 g/mol. The first-order chi connectivity index (χ1) is 13.7. The Morgan fingerprint density at radius 1 is 1.04 bits per heavy atom. The number of morpholine rings is 1. The van der Waals surface area contributed by atoms with Crippen LogP contribution in [0.25, 0.3) is 0 Å². The average Bonchev–Trinajstić information content (AvgIpc) is 2.76. The number of benzene rings is 2. The van der Waals surface area contributed by atoms with E-state index in [1.807, 2.05) is 77.7 Å². The molecule has 142 valence electrons. The molecule has 3 aromatic rings. The van der Waals surface area contributed by atoms with Crippen LogP contribution in [0.15, 0.2) is 72.8 Å². The summed E-state index contributed by atoms with van der Waals surface area (Å²) in [5, 5.41) is 0.739. The number of pyridine rings is 1. The van der Waals surface area contributed by atoms with Gasteiger partial charge in [0.25, 0.3) is 5.91 Å². The van der Waals surface area contributed by atoms with Gasteiger partial charge in [0, 0.05) is 29.2 Å². The lowest BCUT2D eigenvalue weighted by Crippen LogP contribution is -2.42. The van der Waals surface area contributed by atoms with Gasteiger partial charge in [-0.15, -0.1) is 0 Å². The van der Waals surface area contributed by atoms with Gasteiger partial charge in [0.2, 0.25) is 0 Å². The molecular formula is C23H21ClN2O2. The third-order valence-electron chi connectivity index (χ3n) is 4.86. The second-order valence-electron chi connectivity index (χ2n) is 6.80. The number of amides is 1. The smallest absolute Gasteiger partial charge is 0.254 e. The van der Waals surface area contributed by atoms with Crippen LogP contribution in [0.3, 0.4) is 0 Å². The van der Waals surface area contributed by atoms with Crippen LogP contribution in [-0.4, -0.2) is 35.5 Å². The fraction of sp³-hybridized carbons (Fsp3) is 0.217. The Kier molecular flexibility index (Phi) is 5.70. The van der Waals surface area contributed by atoms with Crippen molar-refractivity contribution < 1.29 is 9.53 Å². The molecule has 0 radical (unpaired) electrons. The maximum Gasteiger partial charge on any atom is 0.254 e. The molecule has 4 nitrogen and oxygen atoms in total. The Hall–Kier alpha value is -2.69. The first-order valence-corrected chi connectivity index (χ1v) is 9.73. The number of aromatic nitrogens is 1. The summed E-state index contributed by atoms with van der Waals surface area (Å²) in [6.45, 7) is 1.58. The van der Waals surface area contributed by atoms with Crippen molar-refractivity contribution in [2.24, 2.45) is 0 Å². The highest BCUT2D eigenvalue weighted by Gasteiger charge is 2.27. The molecule has 5 heteroatoms. The topological polar surface area (TPSA) is 42.4 Å². The van der Waals surface area contributed by atoms with E-state index in [4.69, 9.17) is 21.3 Å². The Morgan fingerprint density at radius 2 is 1.82 bits per heavy atom. The van der Waals surface area contributed by atoms with Crippen LogP contribution in [0.4, 0.5) is 0 Å². The van der Waals surface area contributed by atoms with Gasteiger partial charge in [-0.1, -0.05) is 54.1 Å². The maximum atomic E-state index is 12.8. The van der Waals surface area contributed by atoms with Crippen molar-refractivity contribution in [1.82, 2.24) is 9.88 Å². The molecule has 0 aliphatic carbocycles. The zero-order valence-corrected chi connectivity index (χ0v) is 16.2. The van der Waals surface area contributed by atoms with Gasteiger partial charge in [-0.3, -0.25) is 9.78 Å². The van der Waals surface area contributed by atoms with Crippen molar-refractivity contribution >= 4 is 17.5 Å². The lowest BCUT2D eigenvalue weighted by molar-refractivity contribution is -0.0247. The molecule has 0 saturated carbocycles. The van der Waals surface area contributed by atoms with Gasteiger partial charge in [0.05, 0.1) is 18.8 Å². The second-order valence-corrected chi connectivity index (χ2v) is 7.21. The zero-order chi connectivity index (χ0) is 19.3. The van der Waals surface area contributed by atoms with E-state index >= 15 is 0 Å². The van der Waals surface area contributed by atoms with Crippen LogP contribution in [0.1, 0.15) is 33.4 Å². The number of hydrogen-bond acceptors (Lipinski definition) is 3. The number of rotatable bonds is 4. The molecular weight excluding hydrogens is 372 g/mol. The third kappa shape index (κ3) is 4.24. The first kappa shape index (κ1) is 18.7. The van der Waals surface area contributed by atoms with E-state index in [1.54, 1.807) is 0 Å². The van der Waals surface area contributed by atoms with E-state index in [1.165, 1.54) is 0 Å². The minimum absolute atomic E-state index is 0.0288. The molecule has 1 amide bonds. The van der Waals surface area contributed by atoms with Gasteiger partial charge in [-0.2, -0.15) is 0 Å². The van der Waals surface area contributed by atoms with Gasteiger partial charge in [0.1, 0.15) is 6.10 Å². The molecule has 1 aliphatic heterocycles. The predicted octanol–water partition coefficient (Wildman–Crippen LogP) is 4.54. The van der Waals surface area contributed by atoms with E-state index in [9.17, 15) is 4.79 Å². The highest BCUT2D eigenvalue weighted by Crippen LogP contribution is 2.24. The summed E-state index contributed by atoms with van der Waals surface area (Å²) in [6.07, 6.45) is 0.431. The van der Waals surface area contributed by atoms with Crippen molar-refractivity contribution in [2.75, 3.05) is 19.7 Å². The van der Waals surface area contributed by atoms with Crippen LogP contribution < -0.4 is 0 Å². The predicted molar refractivity (Wildman–Crippen MR) is 110 cm³/mol.